The van der Waals surface area contributed by atoms with E-state index in [1.807, 2.05) is 42.5 Å². The lowest BCUT2D eigenvalue weighted by Crippen LogP contribution is -1.92. The van der Waals surface area contributed by atoms with E-state index in [9.17, 15) is 0 Å². The van der Waals surface area contributed by atoms with Gasteiger partial charge in [-0.25, -0.2) is 4.98 Å². The molecule has 0 aliphatic heterocycles. The van der Waals surface area contributed by atoms with Crippen molar-refractivity contribution < 1.29 is 0 Å². The summed E-state index contributed by atoms with van der Waals surface area (Å²) >= 11 is 0. The number of rotatable bonds is 1. The number of nitrogen functional groups attached to an aromatic ring is 1. The van der Waals surface area contributed by atoms with Gasteiger partial charge in [-0.15, -0.1) is 0 Å². The average Bonchev–Trinajstić information content (AvgIpc) is 2.38. The van der Waals surface area contributed by atoms with Crippen molar-refractivity contribution in [2.75, 3.05) is 5.73 Å². The summed E-state index contributed by atoms with van der Waals surface area (Å²) in [5.74, 6) is 0.531. The summed E-state index contributed by atoms with van der Waals surface area (Å²) in [4.78, 5) is 8.67. The highest BCUT2D eigenvalue weighted by atomic mass is 14.8. The number of pyridine rings is 2. The molecule has 0 saturated carbocycles. The van der Waals surface area contributed by atoms with Gasteiger partial charge in [-0.2, -0.15) is 0 Å². The van der Waals surface area contributed by atoms with Crippen LogP contribution in [0.25, 0.3) is 22.2 Å². The monoisotopic (exact) mass is 221 g/mol. The number of hydrogen-bond donors (Lipinski definition) is 1. The molecule has 2 aromatic heterocycles. The minimum Gasteiger partial charge on any atom is -0.384 e. The molecular weight excluding hydrogens is 210 g/mol. The van der Waals surface area contributed by atoms with Crippen molar-refractivity contribution in [1.29, 1.82) is 0 Å². The SMILES string of the molecule is Nc1cccc(-c2cccc3ncccc23)n1. The first-order valence-corrected chi connectivity index (χ1v) is 5.41. The lowest BCUT2D eigenvalue weighted by atomic mass is 10.1. The summed E-state index contributed by atoms with van der Waals surface area (Å²) in [5.41, 5.74) is 8.62. The molecule has 1 aromatic carbocycles. The van der Waals surface area contributed by atoms with Crippen molar-refractivity contribution in [1.82, 2.24) is 9.97 Å². The molecule has 3 aromatic rings. The lowest BCUT2D eigenvalue weighted by Gasteiger charge is -2.05. The van der Waals surface area contributed by atoms with Crippen LogP contribution in [0.2, 0.25) is 0 Å². The fraction of sp³-hybridized carbons (Fsp3) is 0. The molecule has 2 N–H and O–H groups in total. The summed E-state index contributed by atoms with van der Waals surface area (Å²) < 4.78 is 0. The van der Waals surface area contributed by atoms with Crippen LogP contribution < -0.4 is 5.73 Å². The smallest absolute Gasteiger partial charge is 0.124 e. The van der Waals surface area contributed by atoms with Gasteiger partial charge >= 0.3 is 0 Å². The highest BCUT2D eigenvalue weighted by Gasteiger charge is 2.04. The first-order chi connectivity index (χ1) is 8.34. The van der Waals surface area contributed by atoms with Crippen molar-refractivity contribution in [3.63, 3.8) is 0 Å². The molecule has 0 radical (unpaired) electrons. The average molecular weight is 221 g/mol. The van der Waals surface area contributed by atoms with Gasteiger partial charge in [0.1, 0.15) is 5.82 Å². The molecule has 0 unspecified atom stereocenters. The molecule has 3 nitrogen and oxygen atoms in total. The number of nitrogens with zero attached hydrogens (tertiary/aromatic N) is 2. The minimum atomic E-state index is 0.531. The van der Waals surface area contributed by atoms with Crippen LogP contribution in [-0.4, -0.2) is 9.97 Å². The first-order valence-electron chi connectivity index (χ1n) is 5.41. The number of hydrogen-bond acceptors (Lipinski definition) is 3. The maximum absolute atomic E-state index is 5.71. The topological polar surface area (TPSA) is 51.8 Å². The molecule has 0 aliphatic rings. The molecule has 0 bridgehead atoms. The molecule has 0 spiro atoms. The lowest BCUT2D eigenvalue weighted by molar-refractivity contribution is 1.33. The number of anilines is 1. The maximum atomic E-state index is 5.71. The summed E-state index contributed by atoms with van der Waals surface area (Å²) in [5, 5.41) is 1.09. The van der Waals surface area contributed by atoms with E-state index >= 15 is 0 Å². The molecule has 17 heavy (non-hydrogen) atoms. The van der Waals surface area contributed by atoms with E-state index in [2.05, 4.69) is 9.97 Å². The largest absolute Gasteiger partial charge is 0.384 e. The van der Waals surface area contributed by atoms with Crippen LogP contribution in [0.5, 0.6) is 0 Å². The van der Waals surface area contributed by atoms with Gasteiger partial charge in [-0.05, 0) is 24.3 Å². The summed E-state index contributed by atoms with van der Waals surface area (Å²) in [7, 11) is 0. The number of benzene rings is 1. The predicted molar refractivity (Wildman–Crippen MR) is 69.4 cm³/mol. The van der Waals surface area contributed by atoms with Crippen LogP contribution in [0.15, 0.2) is 54.7 Å². The van der Waals surface area contributed by atoms with Gasteiger partial charge in [0.25, 0.3) is 0 Å². The second-order valence-corrected chi connectivity index (χ2v) is 3.82. The van der Waals surface area contributed by atoms with Crippen molar-refractivity contribution in [2.45, 2.75) is 0 Å². The molecule has 0 aliphatic carbocycles. The van der Waals surface area contributed by atoms with Crippen molar-refractivity contribution in [2.24, 2.45) is 0 Å². The molecule has 0 amide bonds. The van der Waals surface area contributed by atoms with Gasteiger partial charge < -0.3 is 5.73 Å². The molecule has 0 atom stereocenters. The van der Waals surface area contributed by atoms with Crippen LogP contribution in [-0.2, 0) is 0 Å². The normalized spacial score (nSPS) is 10.6. The first kappa shape index (κ1) is 9.78. The second-order valence-electron chi connectivity index (χ2n) is 3.82. The summed E-state index contributed by atoms with van der Waals surface area (Å²) in [6.07, 6.45) is 1.79. The maximum Gasteiger partial charge on any atom is 0.124 e. The Bertz CT molecular complexity index is 672. The van der Waals surface area contributed by atoms with Crippen LogP contribution in [0.1, 0.15) is 0 Å². The van der Waals surface area contributed by atoms with Gasteiger partial charge in [0.15, 0.2) is 0 Å². The Morgan fingerprint density at radius 1 is 0.882 bits per heavy atom. The molecule has 3 heteroatoms. The van der Waals surface area contributed by atoms with E-state index in [4.69, 9.17) is 5.73 Å². The van der Waals surface area contributed by atoms with Gasteiger partial charge in [0.05, 0.1) is 11.2 Å². The van der Waals surface area contributed by atoms with E-state index in [-0.39, 0.29) is 0 Å². The van der Waals surface area contributed by atoms with Crippen molar-refractivity contribution in [3.8, 4) is 11.3 Å². The van der Waals surface area contributed by atoms with Crippen molar-refractivity contribution >= 4 is 16.7 Å². The predicted octanol–water partition coefficient (Wildman–Crippen LogP) is 2.88. The van der Waals surface area contributed by atoms with Crippen molar-refractivity contribution in [3.05, 3.63) is 54.7 Å². The zero-order valence-corrected chi connectivity index (χ0v) is 9.17. The third-order valence-electron chi connectivity index (χ3n) is 2.69. The Labute approximate surface area is 98.9 Å². The highest BCUT2D eigenvalue weighted by Crippen LogP contribution is 2.26. The molecule has 0 saturated heterocycles. The second kappa shape index (κ2) is 3.87. The summed E-state index contributed by atoms with van der Waals surface area (Å²) in [6, 6.07) is 15.6. The zero-order valence-electron chi connectivity index (χ0n) is 9.17. The van der Waals surface area contributed by atoms with E-state index in [0.717, 1.165) is 22.2 Å². The minimum absolute atomic E-state index is 0.531. The van der Waals surface area contributed by atoms with E-state index < -0.39 is 0 Å². The van der Waals surface area contributed by atoms with E-state index in [1.54, 1.807) is 12.3 Å². The molecular formula is C14H11N3. The Morgan fingerprint density at radius 2 is 1.76 bits per heavy atom. The Hall–Kier alpha value is -2.42. The molecule has 0 fully saturated rings. The molecule has 3 rings (SSSR count). The fourth-order valence-electron chi connectivity index (χ4n) is 1.93. The third-order valence-corrected chi connectivity index (χ3v) is 2.69. The quantitative estimate of drug-likeness (QED) is 0.687. The van der Waals surface area contributed by atoms with Crippen LogP contribution in [0, 0.1) is 0 Å². The fourth-order valence-corrected chi connectivity index (χ4v) is 1.93. The van der Waals surface area contributed by atoms with Gasteiger partial charge in [0, 0.05) is 17.1 Å². The standard InChI is InChI=1S/C14H11N3/c15-14-8-2-7-13(17-14)11-4-1-6-12-10(11)5-3-9-16-12/h1-9H,(H2,15,17). The Morgan fingerprint density at radius 3 is 2.65 bits per heavy atom. The Balaban J connectivity index is 2.30. The molecule has 82 valence electrons. The number of fused-ring (bicyclic) bond motifs is 1. The number of aromatic nitrogens is 2. The van der Waals surface area contributed by atoms with E-state index in [1.165, 1.54) is 0 Å². The third kappa shape index (κ3) is 1.72. The van der Waals surface area contributed by atoms with Crippen LogP contribution >= 0.6 is 0 Å². The summed E-state index contributed by atoms with van der Waals surface area (Å²) in [6.45, 7) is 0. The van der Waals surface area contributed by atoms with Gasteiger partial charge in [-0.1, -0.05) is 24.3 Å². The van der Waals surface area contributed by atoms with Crippen LogP contribution in [0.4, 0.5) is 5.82 Å². The number of nitrogens with two attached hydrogens (primary N) is 1. The van der Waals surface area contributed by atoms with Crippen LogP contribution in [0.3, 0.4) is 0 Å². The van der Waals surface area contributed by atoms with E-state index in [0.29, 0.717) is 5.82 Å². The Kier molecular flexibility index (Phi) is 2.22. The molecule has 2 heterocycles. The van der Waals surface area contributed by atoms with Gasteiger partial charge in [-0.3, -0.25) is 4.98 Å². The zero-order chi connectivity index (χ0) is 11.7. The highest BCUT2D eigenvalue weighted by molar-refractivity contribution is 5.93. The van der Waals surface area contributed by atoms with Gasteiger partial charge in [0.2, 0.25) is 0 Å².